The van der Waals surface area contributed by atoms with Crippen molar-refractivity contribution in [3.05, 3.63) is 34.9 Å². The average Bonchev–Trinajstić information content (AvgIpc) is 2.48. The second-order valence-electron chi connectivity index (χ2n) is 6.14. The van der Waals surface area contributed by atoms with Crippen molar-refractivity contribution in [2.24, 2.45) is 5.92 Å². The van der Waals surface area contributed by atoms with Crippen LogP contribution in [0.5, 0.6) is 0 Å². The van der Waals surface area contributed by atoms with Crippen molar-refractivity contribution in [3.8, 4) is 0 Å². The van der Waals surface area contributed by atoms with Crippen LogP contribution < -0.4 is 5.32 Å². The highest BCUT2D eigenvalue weighted by atomic mass is 35.5. The summed E-state index contributed by atoms with van der Waals surface area (Å²) in [5, 5.41) is 4.54. The van der Waals surface area contributed by atoms with E-state index in [1.165, 1.54) is 56.9 Å². The van der Waals surface area contributed by atoms with Crippen molar-refractivity contribution in [2.45, 2.75) is 64.3 Å². The Labute approximate surface area is 129 Å². The minimum Gasteiger partial charge on any atom is -0.310 e. The molecule has 1 aliphatic rings. The Hall–Kier alpha value is -0.530. The summed E-state index contributed by atoms with van der Waals surface area (Å²) in [6.45, 7) is 3.31. The topological polar surface area (TPSA) is 12.0 Å². The molecule has 0 aromatic heterocycles. The Balaban J connectivity index is 1.92. The van der Waals surface area contributed by atoms with Crippen LogP contribution in [0.3, 0.4) is 0 Å². The summed E-state index contributed by atoms with van der Waals surface area (Å²) in [6, 6.07) is 8.83. The highest BCUT2D eigenvalue weighted by molar-refractivity contribution is 6.30. The van der Waals surface area contributed by atoms with E-state index in [9.17, 15) is 0 Å². The normalized spacial score (nSPS) is 18.1. The second-order valence-corrected chi connectivity index (χ2v) is 6.58. The molecule has 20 heavy (non-hydrogen) atoms. The van der Waals surface area contributed by atoms with Crippen molar-refractivity contribution in [3.63, 3.8) is 0 Å². The minimum absolute atomic E-state index is 0.468. The molecular weight excluding hydrogens is 266 g/mol. The van der Waals surface area contributed by atoms with E-state index in [0.717, 1.165) is 17.5 Å². The zero-order valence-electron chi connectivity index (χ0n) is 12.7. The summed E-state index contributed by atoms with van der Waals surface area (Å²) in [4.78, 5) is 0. The molecule has 2 heteroatoms. The Bertz CT molecular complexity index is 385. The first-order chi connectivity index (χ1) is 9.79. The maximum Gasteiger partial charge on any atom is 0.0409 e. The van der Waals surface area contributed by atoms with E-state index >= 15 is 0 Å². The van der Waals surface area contributed by atoms with Crippen LogP contribution >= 0.6 is 11.6 Å². The predicted molar refractivity (Wildman–Crippen MR) is 88.3 cm³/mol. The standard InChI is InChI=1S/C18H28ClN/c1-2-13-20-18(16-9-6-10-17(19)14-16)12-11-15-7-4-3-5-8-15/h6,9-10,14-15,18,20H,2-5,7-8,11-13H2,1H3. The molecule has 0 spiro atoms. The predicted octanol–water partition coefficient (Wildman–Crippen LogP) is 5.74. The molecule has 2 rings (SSSR count). The lowest BCUT2D eigenvalue weighted by Gasteiger charge is -2.25. The van der Waals surface area contributed by atoms with Gasteiger partial charge in [0, 0.05) is 11.1 Å². The Morgan fingerprint density at radius 2 is 2.05 bits per heavy atom. The van der Waals surface area contributed by atoms with Gasteiger partial charge < -0.3 is 5.32 Å². The molecule has 0 saturated heterocycles. The van der Waals surface area contributed by atoms with Gasteiger partial charge in [0.05, 0.1) is 0 Å². The Kier molecular flexibility index (Phi) is 6.89. The van der Waals surface area contributed by atoms with E-state index in [1.807, 2.05) is 6.07 Å². The smallest absolute Gasteiger partial charge is 0.0409 e. The molecule has 0 aliphatic heterocycles. The van der Waals surface area contributed by atoms with Crippen molar-refractivity contribution < 1.29 is 0 Å². The number of nitrogens with one attached hydrogen (secondary N) is 1. The first kappa shape index (κ1) is 15.9. The monoisotopic (exact) mass is 293 g/mol. The lowest BCUT2D eigenvalue weighted by Crippen LogP contribution is -2.23. The van der Waals surface area contributed by atoms with Crippen LogP contribution in [-0.2, 0) is 0 Å². The van der Waals surface area contributed by atoms with E-state index in [-0.39, 0.29) is 0 Å². The van der Waals surface area contributed by atoms with Crippen molar-refractivity contribution >= 4 is 11.6 Å². The highest BCUT2D eigenvalue weighted by Gasteiger charge is 2.17. The molecule has 0 heterocycles. The van der Waals surface area contributed by atoms with Crippen LogP contribution in [0.15, 0.2) is 24.3 Å². The van der Waals surface area contributed by atoms with Crippen LogP contribution in [-0.4, -0.2) is 6.54 Å². The molecule has 0 bridgehead atoms. The lowest BCUT2D eigenvalue weighted by atomic mass is 9.84. The lowest BCUT2D eigenvalue weighted by molar-refractivity contribution is 0.314. The SMILES string of the molecule is CCCNC(CCC1CCCCC1)c1cccc(Cl)c1. The maximum atomic E-state index is 6.14. The second kappa shape index (κ2) is 8.69. The molecule has 1 atom stereocenters. The van der Waals surface area contributed by atoms with E-state index < -0.39 is 0 Å². The van der Waals surface area contributed by atoms with Gasteiger partial charge in [-0.1, -0.05) is 62.8 Å². The van der Waals surface area contributed by atoms with Crippen LogP contribution in [0.1, 0.15) is 69.9 Å². The van der Waals surface area contributed by atoms with Gasteiger partial charge in [-0.2, -0.15) is 0 Å². The summed E-state index contributed by atoms with van der Waals surface area (Å²) in [5.74, 6) is 0.953. The molecule has 0 amide bonds. The van der Waals surface area contributed by atoms with Crippen molar-refractivity contribution in [2.75, 3.05) is 6.54 Å². The first-order valence-electron chi connectivity index (χ1n) is 8.28. The molecule has 112 valence electrons. The Morgan fingerprint density at radius 3 is 2.75 bits per heavy atom. The maximum absolute atomic E-state index is 6.14. The molecule has 1 unspecified atom stereocenters. The van der Waals surface area contributed by atoms with Gasteiger partial charge in [0.15, 0.2) is 0 Å². The Morgan fingerprint density at radius 1 is 1.25 bits per heavy atom. The molecule has 1 nitrogen and oxygen atoms in total. The number of halogens is 1. The van der Waals surface area contributed by atoms with Gasteiger partial charge in [-0.25, -0.2) is 0 Å². The van der Waals surface area contributed by atoms with Crippen LogP contribution in [0, 0.1) is 5.92 Å². The minimum atomic E-state index is 0.468. The van der Waals surface area contributed by atoms with Gasteiger partial charge in [0.25, 0.3) is 0 Å². The van der Waals surface area contributed by atoms with E-state index in [1.54, 1.807) is 0 Å². The molecule has 1 saturated carbocycles. The summed E-state index contributed by atoms with van der Waals surface area (Å²) >= 11 is 6.14. The summed E-state index contributed by atoms with van der Waals surface area (Å²) < 4.78 is 0. The number of benzene rings is 1. The zero-order valence-corrected chi connectivity index (χ0v) is 13.5. The first-order valence-corrected chi connectivity index (χ1v) is 8.66. The summed E-state index contributed by atoms with van der Waals surface area (Å²) in [6.07, 6.45) is 11.0. The fourth-order valence-electron chi connectivity index (χ4n) is 3.31. The van der Waals surface area contributed by atoms with Crippen LogP contribution in [0.25, 0.3) is 0 Å². The summed E-state index contributed by atoms with van der Waals surface area (Å²) in [5.41, 5.74) is 1.35. The third kappa shape index (κ3) is 5.10. The largest absolute Gasteiger partial charge is 0.310 e. The molecule has 1 fully saturated rings. The molecule has 1 aromatic rings. The third-order valence-electron chi connectivity index (χ3n) is 4.48. The van der Waals surface area contributed by atoms with E-state index in [4.69, 9.17) is 11.6 Å². The van der Waals surface area contributed by atoms with Crippen LogP contribution in [0.4, 0.5) is 0 Å². The van der Waals surface area contributed by atoms with Gasteiger partial charge in [-0.05, 0) is 49.4 Å². The molecule has 1 N–H and O–H groups in total. The zero-order chi connectivity index (χ0) is 14.2. The molecule has 1 aliphatic carbocycles. The number of rotatable bonds is 7. The van der Waals surface area contributed by atoms with Crippen LogP contribution in [0.2, 0.25) is 5.02 Å². The number of hydrogen-bond donors (Lipinski definition) is 1. The molecule has 0 radical (unpaired) electrons. The highest BCUT2D eigenvalue weighted by Crippen LogP contribution is 2.30. The van der Waals surface area contributed by atoms with Crippen molar-refractivity contribution in [1.82, 2.24) is 5.32 Å². The molecule has 1 aromatic carbocycles. The fourth-order valence-corrected chi connectivity index (χ4v) is 3.51. The van der Waals surface area contributed by atoms with Gasteiger partial charge in [-0.3, -0.25) is 0 Å². The fraction of sp³-hybridized carbons (Fsp3) is 0.667. The van der Waals surface area contributed by atoms with Gasteiger partial charge >= 0.3 is 0 Å². The quantitative estimate of drug-likeness (QED) is 0.676. The van der Waals surface area contributed by atoms with Crippen molar-refractivity contribution in [1.29, 1.82) is 0 Å². The average molecular weight is 294 g/mol. The van der Waals surface area contributed by atoms with Gasteiger partial charge in [-0.15, -0.1) is 0 Å². The summed E-state index contributed by atoms with van der Waals surface area (Å²) in [7, 11) is 0. The molecular formula is C18H28ClN. The number of hydrogen-bond acceptors (Lipinski definition) is 1. The van der Waals surface area contributed by atoms with E-state index in [0.29, 0.717) is 6.04 Å². The van der Waals surface area contributed by atoms with E-state index in [2.05, 4.69) is 30.4 Å². The van der Waals surface area contributed by atoms with Gasteiger partial charge in [0.1, 0.15) is 0 Å². The third-order valence-corrected chi connectivity index (χ3v) is 4.72. The van der Waals surface area contributed by atoms with Gasteiger partial charge in [0.2, 0.25) is 0 Å².